The maximum absolute atomic E-state index is 5.68. The van der Waals surface area contributed by atoms with Crippen molar-refractivity contribution in [1.82, 2.24) is 19.9 Å². The molecule has 0 bridgehead atoms. The van der Waals surface area contributed by atoms with Crippen LogP contribution in [-0.4, -0.2) is 27.0 Å². The average Bonchev–Trinajstić information content (AvgIpc) is 2.30. The number of nitrogens with two attached hydrogens (primary N) is 1. The van der Waals surface area contributed by atoms with Gasteiger partial charge in [0.25, 0.3) is 0 Å². The molecule has 0 aliphatic rings. The molecule has 2 N–H and O–H groups in total. The van der Waals surface area contributed by atoms with Crippen LogP contribution in [0, 0.1) is 0 Å². The number of hydrogen-bond donors (Lipinski definition) is 1. The molecular formula is C9H9N5O. The summed E-state index contributed by atoms with van der Waals surface area (Å²) in [4.78, 5) is 16.1. The van der Waals surface area contributed by atoms with Gasteiger partial charge in [-0.15, -0.1) is 0 Å². The van der Waals surface area contributed by atoms with Gasteiger partial charge in [0.05, 0.1) is 7.11 Å². The van der Waals surface area contributed by atoms with Crippen LogP contribution in [-0.2, 0) is 0 Å². The molecule has 0 atom stereocenters. The highest BCUT2D eigenvalue weighted by Gasteiger charge is 2.12. The molecule has 0 saturated heterocycles. The molecule has 0 fully saturated rings. The summed E-state index contributed by atoms with van der Waals surface area (Å²) in [6.45, 7) is 0. The van der Waals surface area contributed by atoms with Gasteiger partial charge in [-0.25, -0.2) is 19.9 Å². The molecule has 2 aromatic heterocycles. The van der Waals surface area contributed by atoms with Crippen LogP contribution in [0.5, 0.6) is 5.88 Å². The summed E-state index contributed by atoms with van der Waals surface area (Å²) >= 11 is 0. The first-order valence-electron chi connectivity index (χ1n) is 4.24. The highest BCUT2D eigenvalue weighted by Crippen LogP contribution is 2.25. The molecule has 0 aliphatic carbocycles. The summed E-state index contributed by atoms with van der Waals surface area (Å²) in [6, 6.07) is 0. The number of nitrogens with zero attached hydrogens (tertiary/aromatic N) is 4. The molecule has 6 heteroatoms. The number of nitrogen functional groups attached to an aromatic ring is 1. The van der Waals surface area contributed by atoms with Crippen LogP contribution in [0.25, 0.3) is 11.4 Å². The zero-order chi connectivity index (χ0) is 10.7. The van der Waals surface area contributed by atoms with Crippen LogP contribution in [0.3, 0.4) is 0 Å². The summed E-state index contributed by atoms with van der Waals surface area (Å²) in [6.07, 6.45) is 6.14. The van der Waals surface area contributed by atoms with Gasteiger partial charge >= 0.3 is 0 Å². The number of aromatic nitrogens is 4. The first kappa shape index (κ1) is 9.32. The van der Waals surface area contributed by atoms with Gasteiger partial charge in [-0.1, -0.05) is 0 Å². The van der Waals surface area contributed by atoms with Crippen molar-refractivity contribution < 1.29 is 4.74 Å². The summed E-state index contributed by atoms with van der Waals surface area (Å²) in [5, 5.41) is 0. The van der Waals surface area contributed by atoms with Gasteiger partial charge in [0, 0.05) is 24.8 Å². The van der Waals surface area contributed by atoms with E-state index >= 15 is 0 Å². The van der Waals surface area contributed by atoms with Crippen LogP contribution in [0.1, 0.15) is 0 Å². The lowest BCUT2D eigenvalue weighted by atomic mass is 10.3. The lowest BCUT2D eigenvalue weighted by molar-refractivity contribution is 0.397. The quantitative estimate of drug-likeness (QED) is 0.765. The second-order valence-electron chi connectivity index (χ2n) is 2.70. The Bertz CT molecular complexity index is 474. The zero-order valence-corrected chi connectivity index (χ0v) is 8.08. The van der Waals surface area contributed by atoms with Gasteiger partial charge < -0.3 is 10.5 Å². The maximum Gasteiger partial charge on any atom is 0.242 e. The van der Waals surface area contributed by atoms with Crippen molar-refractivity contribution in [2.75, 3.05) is 12.8 Å². The molecule has 0 amide bonds. The van der Waals surface area contributed by atoms with E-state index in [0.29, 0.717) is 23.1 Å². The minimum atomic E-state index is 0.302. The smallest absolute Gasteiger partial charge is 0.242 e. The van der Waals surface area contributed by atoms with Crippen molar-refractivity contribution >= 4 is 5.82 Å². The first-order valence-corrected chi connectivity index (χ1v) is 4.24. The molecule has 0 spiro atoms. The van der Waals surface area contributed by atoms with E-state index in [9.17, 15) is 0 Å². The van der Waals surface area contributed by atoms with Crippen molar-refractivity contribution in [3.8, 4) is 17.3 Å². The Labute approximate surface area is 86.2 Å². The lowest BCUT2D eigenvalue weighted by Gasteiger charge is -2.05. The Morgan fingerprint density at radius 3 is 2.20 bits per heavy atom. The number of ether oxygens (including phenoxy) is 1. The number of hydrogen-bond acceptors (Lipinski definition) is 6. The van der Waals surface area contributed by atoms with Gasteiger partial charge in [0.2, 0.25) is 5.88 Å². The summed E-state index contributed by atoms with van der Waals surface area (Å²) in [5.41, 5.74) is 6.65. The second kappa shape index (κ2) is 3.87. The van der Waals surface area contributed by atoms with E-state index in [1.807, 2.05) is 0 Å². The van der Waals surface area contributed by atoms with Crippen molar-refractivity contribution in [2.45, 2.75) is 0 Å². The Morgan fingerprint density at radius 2 is 1.53 bits per heavy atom. The Morgan fingerprint density at radius 1 is 0.933 bits per heavy atom. The van der Waals surface area contributed by atoms with Gasteiger partial charge in [-0.3, -0.25) is 0 Å². The summed E-state index contributed by atoms with van der Waals surface area (Å²) < 4.78 is 5.06. The Balaban J connectivity index is 2.59. The van der Waals surface area contributed by atoms with E-state index in [0.717, 1.165) is 0 Å². The maximum atomic E-state index is 5.68. The van der Waals surface area contributed by atoms with E-state index in [1.54, 1.807) is 12.4 Å². The molecular weight excluding hydrogens is 194 g/mol. The largest absolute Gasteiger partial charge is 0.479 e. The molecule has 0 unspecified atom stereocenters. The lowest BCUT2D eigenvalue weighted by Crippen LogP contribution is -2.00. The standard InChI is InChI=1S/C9H9N5O/c1-15-9-7(12-3-5-14-9)6-8(10)13-4-2-11-6/h2-5H,1H3,(H2,10,13). The minimum Gasteiger partial charge on any atom is -0.479 e. The summed E-state index contributed by atoms with van der Waals surface area (Å²) in [5.74, 6) is 0.681. The third-order valence-electron chi connectivity index (χ3n) is 1.81. The number of rotatable bonds is 2. The molecule has 15 heavy (non-hydrogen) atoms. The Kier molecular flexibility index (Phi) is 2.40. The third-order valence-corrected chi connectivity index (χ3v) is 1.81. The second-order valence-corrected chi connectivity index (χ2v) is 2.70. The third kappa shape index (κ3) is 1.69. The van der Waals surface area contributed by atoms with Gasteiger partial charge in [-0.05, 0) is 0 Å². The van der Waals surface area contributed by atoms with Crippen LogP contribution in [0.2, 0.25) is 0 Å². The van der Waals surface area contributed by atoms with Crippen molar-refractivity contribution in [2.24, 2.45) is 0 Å². The molecule has 76 valence electrons. The number of anilines is 1. The highest BCUT2D eigenvalue weighted by molar-refractivity contribution is 5.69. The average molecular weight is 203 g/mol. The number of methoxy groups -OCH3 is 1. The first-order chi connectivity index (χ1) is 7.33. The molecule has 0 aromatic carbocycles. The fourth-order valence-electron chi connectivity index (χ4n) is 1.17. The Hall–Kier alpha value is -2.24. The molecule has 2 aromatic rings. The van der Waals surface area contributed by atoms with E-state index in [-0.39, 0.29) is 0 Å². The fourth-order valence-corrected chi connectivity index (χ4v) is 1.17. The molecule has 0 radical (unpaired) electrons. The zero-order valence-electron chi connectivity index (χ0n) is 8.08. The molecule has 0 aliphatic heterocycles. The van der Waals surface area contributed by atoms with E-state index < -0.39 is 0 Å². The van der Waals surface area contributed by atoms with Crippen molar-refractivity contribution in [3.05, 3.63) is 24.8 Å². The van der Waals surface area contributed by atoms with Crippen LogP contribution in [0.4, 0.5) is 5.82 Å². The van der Waals surface area contributed by atoms with Gasteiger partial charge in [-0.2, -0.15) is 0 Å². The topological polar surface area (TPSA) is 86.8 Å². The fraction of sp³-hybridized carbons (Fsp3) is 0.111. The van der Waals surface area contributed by atoms with E-state index in [1.165, 1.54) is 19.5 Å². The van der Waals surface area contributed by atoms with Crippen LogP contribution >= 0.6 is 0 Å². The molecule has 2 heterocycles. The SMILES string of the molecule is COc1nccnc1-c1nccnc1N. The van der Waals surface area contributed by atoms with Gasteiger partial charge in [0.1, 0.15) is 5.69 Å². The van der Waals surface area contributed by atoms with E-state index in [2.05, 4.69) is 19.9 Å². The normalized spacial score (nSPS) is 9.93. The minimum absolute atomic E-state index is 0.302. The van der Waals surface area contributed by atoms with E-state index in [4.69, 9.17) is 10.5 Å². The van der Waals surface area contributed by atoms with Crippen LogP contribution in [0.15, 0.2) is 24.8 Å². The van der Waals surface area contributed by atoms with Crippen molar-refractivity contribution in [3.63, 3.8) is 0 Å². The molecule has 0 saturated carbocycles. The monoisotopic (exact) mass is 203 g/mol. The highest BCUT2D eigenvalue weighted by atomic mass is 16.5. The van der Waals surface area contributed by atoms with Crippen molar-refractivity contribution in [1.29, 1.82) is 0 Å². The molecule has 6 nitrogen and oxygen atoms in total. The van der Waals surface area contributed by atoms with Crippen LogP contribution < -0.4 is 10.5 Å². The van der Waals surface area contributed by atoms with Gasteiger partial charge in [0.15, 0.2) is 11.5 Å². The molecule has 2 rings (SSSR count). The summed E-state index contributed by atoms with van der Waals surface area (Å²) in [7, 11) is 1.51. The predicted octanol–water partition coefficient (Wildman–Crippen LogP) is 0.524. The predicted molar refractivity (Wildman–Crippen MR) is 54.0 cm³/mol.